The number of carbonyl (C=O) groups is 1. The number of benzene rings is 3. The second kappa shape index (κ2) is 8.20. The van der Waals surface area contributed by atoms with Crippen molar-refractivity contribution in [3.8, 4) is 0 Å². The summed E-state index contributed by atoms with van der Waals surface area (Å²) < 4.78 is 32.8. The summed E-state index contributed by atoms with van der Waals surface area (Å²) in [7, 11) is -4.01. The van der Waals surface area contributed by atoms with Crippen LogP contribution in [-0.4, -0.2) is 27.5 Å². The van der Waals surface area contributed by atoms with Crippen molar-refractivity contribution in [3.05, 3.63) is 71.2 Å². The van der Waals surface area contributed by atoms with E-state index in [9.17, 15) is 13.2 Å². The Labute approximate surface area is 169 Å². The van der Waals surface area contributed by atoms with Crippen LogP contribution in [0.1, 0.15) is 12.5 Å². The number of ether oxygens (including phenoxy) is 1. The van der Waals surface area contributed by atoms with Gasteiger partial charge >= 0.3 is 5.97 Å². The minimum absolute atomic E-state index is 0.0900. The van der Waals surface area contributed by atoms with Gasteiger partial charge in [0, 0.05) is 5.02 Å². The molecule has 0 unspecified atom stereocenters. The summed E-state index contributed by atoms with van der Waals surface area (Å²) >= 11 is 6.19. The molecule has 0 spiro atoms. The maximum absolute atomic E-state index is 13.4. The molecule has 0 saturated heterocycles. The van der Waals surface area contributed by atoms with Crippen LogP contribution in [0.25, 0.3) is 10.8 Å². The van der Waals surface area contributed by atoms with Gasteiger partial charge in [-0.25, -0.2) is 8.42 Å². The number of rotatable bonds is 6. The topological polar surface area (TPSA) is 63.7 Å². The van der Waals surface area contributed by atoms with Crippen LogP contribution in [0, 0.1) is 6.92 Å². The van der Waals surface area contributed by atoms with Gasteiger partial charge in [0.15, 0.2) is 0 Å². The van der Waals surface area contributed by atoms with Gasteiger partial charge in [-0.05, 0) is 54.4 Å². The first-order chi connectivity index (χ1) is 13.3. The lowest BCUT2D eigenvalue weighted by atomic mass is 10.1. The number of halogens is 1. The first-order valence-corrected chi connectivity index (χ1v) is 10.6. The molecular formula is C21H20ClNO4S. The van der Waals surface area contributed by atoms with Crippen molar-refractivity contribution < 1.29 is 17.9 Å². The van der Waals surface area contributed by atoms with E-state index in [0.29, 0.717) is 10.7 Å². The molecule has 0 aliphatic rings. The van der Waals surface area contributed by atoms with Gasteiger partial charge in [0.1, 0.15) is 6.54 Å². The molecule has 3 aromatic rings. The standard InChI is InChI=1S/C21H20ClNO4S/c1-3-27-21(24)14-23(18-10-8-15(2)20(22)13-18)28(25,26)19-11-9-16-6-4-5-7-17(16)12-19/h4-13H,3,14H2,1-2H3. The van der Waals surface area contributed by atoms with Gasteiger partial charge in [0.2, 0.25) is 0 Å². The number of hydrogen-bond acceptors (Lipinski definition) is 4. The Morgan fingerprint density at radius 1 is 1.04 bits per heavy atom. The number of esters is 1. The first kappa shape index (κ1) is 20.2. The van der Waals surface area contributed by atoms with Crippen molar-refractivity contribution in [1.29, 1.82) is 0 Å². The normalized spacial score (nSPS) is 11.4. The summed E-state index contributed by atoms with van der Waals surface area (Å²) in [6, 6.07) is 17.2. The van der Waals surface area contributed by atoms with E-state index < -0.39 is 22.5 Å². The molecule has 0 aliphatic heterocycles. The maximum atomic E-state index is 13.4. The molecule has 0 bridgehead atoms. The van der Waals surface area contributed by atoms with Crippen molar-refractivity contribution in [3.63, 3.8) is 0 Å². The third-order valence-electron chi connectivity index (χ3n) is 4.33. The fourth-order valence-electron chi connectivity index (χ4n) is 2.83. The van der Waals surface area contributed by atoms with E-state index in [1.54, 1.807) is 31.2 Å². The van der Waals surface area contributed by atoms with Crippen LogP contribution in [0.15, 0.2) is 65.6 Å². The second-order valence-electron chi connectivity index (χ2n) is 6.26. The molecule has 0 amide bonds. The van der Waals surface area contributed by atoms with Crippen molar-refractivity contribution >= 4 is 44.1 Å². The molecule has 0 atom stereocenters. The summed E-state index contributed by atoms with van der Waals surface area (Å²) in [4.78, 5) is 12.2. The van der Waals surface area contributed by atoms with E-state index in [2.05, 4.69) is 0 Å². The molecule has 0 aliphatic carbocycles. The fraction of sp³-hybridized carbons (Fsp3) is 0.190. The van der Waals surface area contributed by atoms with E-state index in [0.717, 1.165) is 20.6 Å². The predicted octanol–water partition coefficient (Wildman–Crippen LogP) is 4.56. The van der Waals surface area contributed by atoms with Gasteiger partial charge in [-0.2, -0.15) is 0 Å². The Kier molecular flexibility index (Phi) is 5.91. The SMILES string of the molecule is CCOC(=O)CN(c1ccc(C)c(Cl)c1)S(=O)(=O)c1ccc2ccccc2c1. The third-order valence-corrected chi connectivity index (χ3v) is 6.51. The van der Waals surface area contributed by atoms with Crippen LogP contribution in [0.2, 0.25) is 5.02 Å². The lowest BCUT2D eigenvalue weighted by molar-refractivity contribution is -0.141. The van der Waals surface area contributed by atoms with Crippen molar-refractivity contribution in [2.45, 2.75) is 18.7 Å². The minimum Gasteiger partial charge on any atom is -0.465 e. The molecular weight excluding hydrogens is 398 g/mol. The Hall–Kier alpha value is -2.57. The highest BCUT2D eigenvalue weighted by Crippen LogP contribution is 2.29. The lowest BCUT2D eigenvalue weighted by Crippen LogP contribution is -2.36. The van der Waals surface area contributed by atoms with E-state index in [1.165, 1.54) is 12.1 Å². The van der Waals surface area contributed by atoms with Crippen LogP contribution in [0.3, 0.4) is 0 Å². The summed E-state index contributed by atoms with van der Waals surface area (Å²) in [5.74, 6) is -0.636. The Balaban J connectivity index is 2.10. The average Bonchev–Trinajstić information content (AvgIpc) is 2.68. The van der Waals surface area contributed by atoms with E-state index in [4.69, 9.17) is 16.3 Å². The molecule has 146 valence electrons. The lowest BCUT2D eigenvalue weighted by Gasteiger charge is -2.24. The predicted molar refractivity (Wildman–Crippen MR) is 111 cm³/mol. The van der Waals surface area contributed by atoms with Crippen LogP contribution >= 0.6 is 11.6 Å². The zero-order chi connectivity index (χ0) is 20.3. The van der Waals surface area contributed by atoms with Crippen LogP contribution < -0.4 is 4.31 Å². The molecule has 7 heteroatoms. The molecule has 0 heterocycles. The Bertz CT molecular complexity index is 1130. The van der Waals surface area contributed by atoms with Crippen molar-refractivity contribution in [2.24, 2.45) is 0 Å². The van der Waals surface area contributed by atoms with E-state index in [1.807, 2.05) is 31.2 Å². The largest absolute Gasteiger partial charge is 0.465 e. The van der Waals surface area contributed by atoms with Crippen LogP contribution in [0.4, 0.5) is 5.69 Å². The van der Waals surface area contributed by atoms with E-state index in [-0.39, 0.29) is 11.5 Å². The summed E-state index contributed by atoms with van der Waals surface area (Å²) in [6.45, 7) is 3.21. The molecule has 0 fully saturated rings. The molecule has 0 radical (unpaired) electrons. The molecule has 5 nitrogen and oxygen atoms in total. The third kappa shape index (κ3) is 4.13. The molecule has 3 aromatic carbocycles. The van der Waals surface area contributed by atoms with Gasteiger partial charge in [-0.3, -0.25) is 9.10 Å². The highest BCUT2D eigenvalue weighted by molar-refractivity contribution is 7.92. The zero-order valence-corrected chi connectivity index (χ0v) is 17.1. The minimum atomic E-state index is -4.01. The number of fused-ring (bicyclic) bond motifs is 1. The Morgan fingerprint density at radius 3 is 2.43 bits per heavy atom. The van der Waals surface area contributed by atoms with Crippen molar-refractivity contribution in [1.82, 2.24) is 0 Å². The molecule has 0 aromatic heterocycles. The molecule has 3 rings (SSSR count). The Morgan fingerprint density at radius 2 is 1.75 bits per heavy atom. The van der Waals surface area contributed by atoms with Gasteiger partial charge in [0.05, 0.1) is 17.2 Å². The zero-order valence-electron chi connectivity index (χ0n) is 15.6. The quantitative estimate of drug-likeness (QED) is 0.551. The number of hydrogen-bond donors (Lipinski definition) is 0. The molecule has 28 heavy (non-hydrogen) atoms. The summed E-state index contributed by atoms with van der Waals surface area (Å²) in [6.07, 6.45) is 0. The number of aryl methyl sites for hydroxylation is 1. The monoisotopic (exact) mass is 417 g/mol. The van der Waals surface area contributed by atoms with Gasteiger partial charge in [-0.15, -0.1) is 0 Å². The number of carbonyl (C=O) groups excluding carboxylic acids is 1. The first-order valence-electron chi connectivity index (χ1n) is 8.76. The maximum Gasteiger partial charge on any atom is 0.326 e. The summed E-state index contributed by atoms with van der Waals surface area (Å²) in [5, 5.41) is 2.14. The summed E-state index contributed by atoms with van der Waals surface area (Å²) in [5.41, 5.74) is 1.11. The molecule has 0 saturated carbocycles. The van der Waals surface area contributed by atoms with Gasteiger partial charge < -0.3 is 4.74 Å². The van der Waals surface area contributed by atoms with Crippen LogP contribution in [0.5, 0.6) is 0 Å². The van der Waals surface area contributed by atoms with Gasteiger partial charge in [0.25, 0.3) is 10.0 Å². The average molecular weight is 418 g/mol. The fourth-order valence-corrected chi connectivity index (χ4v) is 4.44. The smallest absolute Gasteiger partial charge is 0.326 e. The number of anilines is 1. The highest BCUT2D eigenvalue weighted by Gasteiger charge is 2.28. The van der Waals surface area contributed by atoms with E-state index >= 15 is 0 Å². The highest BCUT2D eigenvalue weighted by atomic mass is 35.5. The molecule has 0 N–H and O–H groups in total. The number of sulfonamides is 1. The second-order valence-corrected chi connectivity index (χ2v) is 8.53. The van der Waals surface area contributed by atoms with Gasteiger partial charge in [-0.1, -0.05) is 48.0 Å². The van der Waals surface area contributed by atoms with Crippen LogP contribution in [-0.2, 0) is 19.6 Å². The number of nitrogens with zero attached hydrogens (tertiary/aromatic N) is 1. The van der Waals surface area contributed by atoms with Crippen molar-refractivity contribution in [2.75, 3.05) is 17.5 Å².